The predicted molar refractivity (Wildman–Crippen MR) is 124 cm³/mol. The fourth-order valence-corrected chi connectivity index (χ4v) is 4.50. The summed E-state index contributed by atoms with van der Waals surface area (Å²) in [6.07, 6.45) is 0.959. The summed E-state index contributed by atoms with van der Waals surface area (Å²) in [5.74, 6) is 6.79. The van der Waals surface area contributed by atoms with Gasteiger partial charge in [0, 0.05) is 31.2 Å². The molecule has 1 aliphatic rings. The number of thioether (sulfide) groups is 1. The Hall–Kier alpha value is -2.84. The van der Waals surface area contributed by atoms with Gasteiger partial charge < -0.3 is 11.2 Å². The molecule has 1 aromatic heterocycles. The van der Waals surface area contributed by atoms with Gasteiger partial charge in [-0.3, -0.25) is 9.69 Å². The minimum atomic E-state index is -0.319. The van der Waals surface area contributed by atoms with Gasteiger partial charge in [-0.25, -0.2) is 4.68 Å². The highest BCUT2D eigenvalue weighted by Gasteiger charge is 2.27. The van der Waals surface area contributed by atoms with E-state index in [1.807, 2.05) is 44.2 Å². The molecule has 31 heavy (non-hydrogen) atoms. The fourth-order valence-electron chi connectivity index (χ4n) is 3.72. The van der Waals surface area contributed by atoms with Crippen molar-refractivity contribution in [2.45, 2.75) is 43.3 Å². The third-order valence-corrected chi connectivity index (χ3v) is 6.55. The van der Waals surface area contributed by atoms with Gasteiger partial charge in [0.05, 0.1) is 5.25 Å². The minimum Gasteiger partial charge on any atom is -0.351 e. The third-order valence-electron chi connectivity index (χ3n) is 5.49. The summed E-state index contributed by atoms with van der Waals surface area (Å²) < 4.78 is 1.45. The molecule has 1 saturated heterocycles. The van der Waals surface area contributed by atoms with Crippen LogP contribution in [0.15, 0.2) is 59.8 Å². The molecule has 0 radical (unpaired) electrons. The summed E-state index contributed by atoms with van der Waals surface area (Å²) >= 11 is 1.32. The second kappa shape index (κ2) is 9.53. The van der Waals surface area contributed by atoms with Crippen molar-refractivity contribution in [3.05, 3.63) is 65.7 Å². The lowest BCUT2D eigenvalue weighted by molar-refractivity contribution is -0.120. The number of likely N-dealkylation sites (tertiary alicyclic amines) is 1. The highest BCUT2D eigenvalue weighted by Crippen LogP contribution is 2.25. The van der Waals surface area contributed by atoms with Crippen LogP contribution in [0.4, 0.5) is 0 Å². The number of aryl methyl sites for hydroxylation is 1. The minimum absolute atomic E-state index is 0.00329. The SMILES string of the molecule is Cc1ccc(-c2nnc(S[C@@H](C)C(=O)N[C@@H]3CCN(Cc4ccccc4)C3)n2N)cc1. The Bertz CT molecular complexity index is 1020. The molecule has 4 rings (SSSR count). The Kier molecular flexibility index (Phi) is 6.58. The first-order valence-corrected chi connectivity index (χ1v) is 11.4. The lowest BCUT2D eigenvalue weighted by atomic mass is 10.1. The maximum absolute atomic E-state index is 12.7. The quantitative estimate of drug-likeness (QED) is 0.437. The highest BCUT2D eigenvalue weighted by atomic mass is 32.2. The van der Waals surface area contributed by atoms with E-state index in [9.17, 15) is 4.79 Å². The monoisotopic (exact) mass is 436 g/mol. The molecule has 0 saturated carbocycles. The van der Waals surface area contributed by atoms with E-state index in [1.165, 1.54) is 27.6 Å². The van der Waals surface area contributed by atoms with E-state index >= 15 is 0 Å². The normalized spacial score (nSPS) is 17.5. The van der Waals surface area contributed by atoms with Gasteiger partial charge in [0.2, 0.25) is 11.1 Å². The number of amides is 1. The lowest BCUT2D eigenvalue weighted by Gasteiger charge is -2.18. The number of nitrogens with zero attached hydrogens (tertiary/aromatic N) is 4. The molecule has 0 aliphatic carbocycles. The van der Waals surface area contributed by atoms with Crippen molar-refractivity contribution in [1.29, 1.82) is 0 Å². The van der Waals surface area contributed by atoms with Crippen LogP contribution in [0.25, 0.3) is 11.4 Å². The van der Waals surface area contributed by atoms with Gasteiger partial charge in [-0.15, -0.1) is 10.2 Å². The molecule has 0 bridgehead atoms. The Labute approximate surface area is 187 Å². The van der Waals surface area contributed by atoms with Crippen LogP contribution in [0.5, 0.6) is 0 Å². The van der Waals surface area contributed by atoms with Crippen LogP contribution in [-0.4, -0.2) is 50.1 Å². The van der Waals surface area contributed by atoms with Gasteiger partial charge in [0.1, 0.15) is 0 Å². The smallest absolute Gasteiger partial charge is 0.233 e. The van der Waals surface area contributed by atoms with Gasteiger partial charge in [-0.05, 0) is 25.8 Å². The summed E-state index contributed by atoms with van der Waals surface area (Å²) in [5, 5.41) is 11.8. The van der Waals surface area contributed by atoms with Crippen molar-refractivity contribution in [3.8, 4) is 11.4 Å². The van der Waals surface area contributed by atoms with Crippen molar-refractivity contribution < 1.29 is 4.79 Å². The first-order chi connectivity index (χ1) is 15.0. The van der Waals surface area contributed by atoms with Crippen molar-refractivity contribution in [2.75, 3.05) is 18.9 Å². The molecule has 0 unspecified atom stereocenters. The second-order valence-electron chi connectivity index (χ2n) is 8.02. The summed E-state index contributed by atoms with van der Waals surface area (Å²) in [5.41, 5.74) is 3.36. The number of nitrogen functional groups attached to an aromatic ring is 1. The molecule has 3 aromatic rings. The molecule has 162 valence electrons. The van der Waals surface area contributed by atoms with Crippen molar-refractivity contribution >= 4 is 17.7 Å². The van der Waals surface area contributed by atoms with Crippen LogP contribution in [-0.2, 0) is 11.3 Å². The number of rotatable bonds is 7. The van der Waals surface area contributed by atoms with E-state index in [0.717, 1.165) is 31.6 Å². The van der Waals surface area contributed by atoms with Gasteiger partial charge in [-0.2, -0.15) is 0 Å². The molecule has 1 amide bonds. The average Bonchev–Trinajstić information content (AvgIpc) is 3.36. The number of hydrogen-bond acceptors (Lipinski definition) is 6. The number of carbonyl (C=O) groups excluding carboxylic acids is 1. The standard InChI is InChI=1S/C23H28N6OS/c1-16-8-10-19(11-9-16)21-26-27-23(29(21)24)31-17(2)22(30)25-20-12-13-28(15-20)14-18-6-4-3-5-7-18/h3-11,17,20H,12-15,24H2,1-2H3,(H,25,30)/t17-,20+/m0/s1. The van der Waals surface area contributed by atoms with E-state index < -0.39 is 0 Å². The Balaban J connectivity index is 1.31. The second-order valence-corrected chi connectivity index (χ2v) is 9.33. The number of aromatic nitrogens is 3. The summed E-state index contributed by atoms with van der Waals surface area (Å²) in [7, 11) is 0. The fraction of sp³-hybridized carbons (Fsp3) is 0.348. The zero-order valence-electron chi connectivity index (χ0n) is 17.9. The van der Waals surface area contributed by atoms with E-state index in [-0.39, 0.29) is 17.2 Å². The summed E-state index contributed by atoms with van der Waals surface area (Å²) in [4.78, 5) is 15.1. The van der Waals surface area contributed by atoms with Crippen LogP contribution in [0.3, 0.4) is 0 Å². The van der Waals surface area contributed by atoms with Crippen LogP contribution < -0.4 is 11.2 Å². The zero-order valence-corrected chi connectivity index (χ0v) is 18.7. The van der Waals surface area contributed by atoms with E-state index in [4.69, 9.17) is 5.84 Å². The number of nitrogens with one attached hydrogen (secondary N) is 1. The molecule has 7 nitrogen and oxygen atoms in total. The van der Waals surface area contributed by atoms with Crippen LogP contribution in [0, 0.1) is 6.92 Å². The molecule has 2 atom stereocenters. The largest absolute Gasteiger partial charge is 0.351 e. The van der Waals surface area contributed by atoms with Gasteiger partial charge in [-0.1, -0.05) is 71.9 Å². The zero-order chi connectivity index (χ0) is 21.8. The highest BCUT2D eigenvalue weighted by molar-refractivity contribution is 8.00. The molecule has 1 aliphatic heterocycles. The van der Waals surface area contributed by atoms with Crippen LogP contribution in [0.1, 0.15) is 24.5 Å². The molecule has 8 heteroatoms. The number of carbonyl (C=O) groups is 1. The molecule has 0 spiro atoms. The molecular formula is C23H28N6OS. The van der Waals surface area contributed by atoms with Gasteiger partial charge in [0.25, 0.3) is 0 Å². The Morgan fingerprint density at radius 3 is 2.68 bits per heavy atom. The molecular weight excluding hydrogens is 408 g/mol. The molecule has 2 heterocycles. The predicted octanol–water partition coefficient (Wildman–Crippen LogP) is 2.84. The van der Waals surface area contributed by atoms with Crippen LogP contribution in [0.2, 0.25) is 0 Å². The van der Waals surface area contributed by atoms with Crippen molar-refractivity contribution in [1.82, 2.24) is 25.1 Å². The number of nitrogens with two attached hydrogens (primary N) is 1. The van der Waals surface area contributed by atoms with Crippen LogP contribution >= 0.6 is 11.8 Å². The van der Waals surface area contributed by atoms with Gasteiger partial charge >= 0.3 is 0 Å². The maximum atomic E-state index is 12.7. The average molecular weight is 437 g/mol. The van der Waals surface area contributed by atoms with Gasteiger partial charge in [0.15, 0.2) is 5.82 Å². The van der Waals surface area contributed by atoms with Crippen molar-refractivity contribution in [3.63, 3.8) is 0 Å². The topological polar surface area (TPSA) is 89.1 Å². The third kappa shape index (κ3) is 5.26. The number of benzene rings is 2. The van der Waals surface area contributed by atoms with Crippen molar-refractivity contribution in [2.24, 2.45) is 0 Å². The number of hydrogen-bond donors (Lipinski definition) is 2. The van der Waals surface area contributed by atoms with E-state index in [1.54, 1.807) is 0 Å². The summed E-state index contributed by atoms with van der Waals surface area (Å²) in [6.45, 7) is 6.66. The molecule has 3 N–H and O–H groups in total. The molecule has 2 aromatic carbocycles. The first kappa shape index (κ1) is 21.4. The molecule has 1 fully saturated rings. The Morgan fingerprint density at radius 1 is 1.19 bits per heavy atom. The van der Waals surface area contributed by atoms with E-state index in [0.29, 0.717) is 11.0 Å². The Morgan fingerprint density at radius 2 is 1.94 bits per heavy atom. The van der Waals surface area contributed by atoms with E-state index in [2.05, 4.69) is 44.7 Å². The first-order valence-electron chi connectivity index (χ1n) is 10.5. The summed E-state index contributed by atoms with van der Waals surface area (Å²) in [6, 6.07) is 18.5. The maximum Gasteiger partial charge on any atom is 0.233 e. The lowest BCUT2D eigenvalue weighted by Crippen LogP contribution is -2.41.